The normalized spacial score (nSPS) is 9.12. The number of thiophene rings is 1. The number of Topliss-reactive ketones (excluding diaryl/α,β-unsaturated/α-hetero) is 1. The monoisotopic (exact) mass is 125 g/mol. The second kappa shape index (κ2) is 2.09. The molecule has 0 saturated heterocycles. The van der Waals surface area contributed by atoms with E-state index in [-0.39, 0.29) is 5.78 Å². The lowest BCUT2D eigenvalue weighted by molar-refractivity contribution is 0.101. The fourth-order valence-electron chi connectivity index (χ4n) is 0.418. The first-order valence-electron chi connectivity index (χ1n) is 2.25. The molecule has 0 fully saturated rings. The summed E-state index contributed by atoms with van der Waals surface area (Å²) in [6, 6.07) is 2.81. The molecule has 1 heterocycles. The van der Waals surface area contributed by atoms with Gasteiger partial charge in [0.25, 0.3) is 0 Å². The van der Waals surface area contributed by atoms with Crippen molar-refractivity contribution in [2.75, 3.05) is 0 Å². The van der Waals surface area contributed by atoms with Crippen LogP contribution in [0.1, 0.15) is 17.3 Å². The van der Waals surface area contributed by atoms with E-state index < -0.39 is 0 Å². The molecule has 1 radical (unpaired) electrons. The van der Waals surface area contributed by atoms with Gasteiger partial charge in [0.15, 0.2) is 5.78 Å². The summed E-state index contributed by atoms with van der Waals surface area (Å²) in [7, 11) is 0. The van der Waals surface area contributed by atoms with E-state index in [1.54, 1.807) is 17.7 Å². The van der Waals surface area contributed by atoms with Gasteiger partial charge in [0, 0.05) is 17.0 Å². The Morgan fingerprint density at radius 2 is 2.62 bits per heavy atom. The Labute approximate surface area is 52.0 Å². The van der Waals surface area contributed by atoms with Gasteiger partial charge in [0.2, 0.25) is 0 Å². The second-order valence-electron chi connectivity index (χ2n) is 1.49. The molecular weight excluding hydrogens is 120 g/mol. The Kier molecular flexibility index (Phi) is 1.44. The Hall–Kier alpha value is -0.630. The third-order valence-electron chi connectivity index (χ3n) is 0.848. The van der Waals surface area contributed by atoms with Crippen molar-refractivity contribution in [3.63, 3.8) is 0 Å². The van der Waals surface area contributed by atoms with Gasteiger partial charge in [-0.1, -0.05) is 0 Å². The topological polar surface area (TPSA) is 17.1 Å². The highest BCUT2D eigenvalue weighted by molar-refractivity contribution is 7.08. The van der Waals surface area contributed by atoms with Crippen LogP contribution >= 0.6 is 11.3 Å². The Morgan fingerprint density at radius 1 is 1.88 bits per heavy atom. The van der Waals surface area contributed by atoms with Crippen LogP contribution in [0.4, 0.5) is 0 Å². The zero-order chi connectivity index (χ0) is 5.98. The summed E-state index contributed by atoms with van der Waals surface area (Å²) < 4.78 is 0. The van der Waals surface area contributed by atoms with E-state index in [1.807, 2.05) is 0 Å². The molecule has 41 valence electrons. The van der Waals surface area contributed by atoms with E-state index in [9.17, 15) is 4.79 Å². The molecule has 0 aliphatic rings. The Bertz CT molecular complexity index is 176. The van der Waals surface area contributed by atoms with Crippen LogP contribution in [0.5, 0.6) is 0 Å². The molecule has 1 aromatic heterocycles. The third kappa shape index (κ3) is 0.954. The molecule has 2 heteroatoms. The van der Waals surface area contributed by atoms with E-state index in [1.165, 1.54) is 11.3 Å². The predicted octanol–water partition coefficient (Wildman–Crippen LogP) is 1.75. The van der Waals surface area contributed by atoms with Crippen LogP contribution in [0.15, 0.2) is 10.8 Å². The van der Waals surface area contributed by atoms with Gasteiger partial charge in [-0.05, 0) is 12.3 Å². The first-order valence-corrected chi connectivity index (χ1v) is 3.20. The van der Waals surface area contributed by atoms with Crippen LogP contribution in [-0.2, 0) is 0 Å². The molecule has 1 rings (SSSR count). The van der Waals surface area contributed by atoms with Crippen LogP contribution in [-0.4, -0.2) is 5.78 Å². The third-order valence-corrected chi connectivity index (χ3v) is 1.47. The molecule has 0 N–H and O–H groups in total. The quantitative estimate of drug-likeness (QED) is 0.522. The van der Waals surface area contributed by atoms with E-state index in [0.717, 1.165) is 0 Å². The first-order chi connectivity index (χ1) is 3.80. The lowest BCUT2D eigenvalue weighted by atomic mass is 10.2. The summed E-state index contributed by atoms with van der Waals surface area (Å²) in [5.74, 6) is 0.0891. The average Bonchev–Trinajstić information content (AvgIpc) is 2.12. The average molecular weight is 125 g/mol. The standard InChI is InChI=1S/C6H5OS/c1-5(7)6-2-3-8-4-6/h3-4H,1H3. The fraction of sp³-hybridized carbons (Fsp3) is 0.167. The minimum Gasteiger partial charge on any atom is -0.294 e. The summed E-state index contributed by atoms with van der Waals surface area (Å²) in [5, 5.41) is 3.57. The summed E-state index contributed by atoms with van der Waals surface area (Å²) in [6.45, 7) is 1.54. The molecule has 0 unspecified atom stereocenters. The highest BCUT2D eigenvalue weighted by Crippen LogP contribution is 2.04. The van der Waals surface area contributed by atoms with Crippen LogP contribution in [0, 0.1) is 6.07 Å². The maximum atomic E-state index is 10.5. The van der Waals surface area contributed by atoms with Crippen LogP contribution in [0.3, 0.4) is 0 Å². The number of carbonyl (C=O) groups excluding carboxylic acids is 1. The minimum atomic E-state index is 0.0891. The highest BCUT2D eigenvalue weighted by Gasteiger charge is 1.95. The molecular formula is C6H5OS. The molecule has 0 saturated carbocycles. The van der Waals surface area contributed by atoms with Crippen LogP contribution in [0.25, 0.3) is 0 Å². The van der Waals surface area contributed by atoms with E-state index in [0.29, 0.717) is 5.56 Å². The summed E-state index contributed by atoms with van der Waals surface area (Å²) in [6.07, 6.45) is 0. The summed E-state index contributed by atoms with van der Waals surface area (Å²) in [5.41, 5.74) is 0.690. The van der Waals surface area contributed by atoms with Gasteiger partial charge >= 0.3 is 0 Å². The maximum Gasteiger partial charge on any atom is 0.161 e. The maximum absolute atomic E-state index is 10.5. The smallest absolute Gasteiger partial charge is 0.161 e. The molecule has 0 bridgehead atoms. The molecule has 0 spiro atoms. The van der Waals surface area contributed by atoms with Crippen molar-refractivity contribution in [2.45, 2.75) is 6.92 Å². The van der Waals surface area contributed by atoms with Gasteiger partial charge in [-0.15, -0.1) is 0 Å². The minimum absolute atomic E-state index is 0.0891. The molecule has 1 nitrogen and oxygen atoms in total. The zero-order valence-corrected chi connectivity index (χ0v) is 5.29. The highest BCUT2D eigenvalue weighted by atomic mass is 32.1. The van der Waals surface area contributed by atoms with Crippen molar-refractivity contribution in [3.8, 4) is 0 Å². The van der Waals surface area contributed by atoms with Gasteiger partial charge in [-0.2, -0.15) is 11.3 Å². The van der Waals surface area contributed by atoms with Crippen molar-refractivity contribution < 1.29 is 4.79 Å². The van der Waals surface area contributed by atoms with Crippen molar-refractivity contribution >= 4 is 17.1 Å². The zero-order valence-electron chi connectivity index (χ0n) is 4.47. The summed E-state index contributed by atoms with van der Waals surface area (Å²) >= 11 is 1.49. The van der Waals surface area contributed by atoms with Crippen LogP contribution < -0.4 is 0 Å². The predicted molar refractivity (Wildman–Crippen MR) is 33.2 cm³/mol. The van der Waals surface area contributed by atoms with Crippen LogP contribution in [0.2, 0.25) is 0 Å². The van der Waals surface area contributed by atoms with Crippen molar-refractivity contribution in [1.82, 2.24) is 0 Å². The first kappa shape index (κ1) is 5.51. The van der Waals surface area contributed by atoms with Gasteiger partial charge in [0.1, 0.15) is 0 Å². The Morgan fingerprint density at radius 3 is 2.88 bits per heavy atom. The molecule has 1 aromatic rings. The van der Waals surface area contributed by atoms with E-state index in [4.69, 9.17) is 0 Å². The molecule has 0 aromatic carbocycles. The molecule has 0 atom stereocenters. The molecule has 0 aliphatic heterocycles. The lowest BCUT2D eigenvalue weighted by Crippen LogP contribution is -1.85. The number of rotatable bonds is 1. The van der Waals surface area contributed by atoms with Gasteiger partial charge in [0.05, 0.1) is 0 Å². The molecule has 0 aliphatic carbocycles. The second-order valence-corrected chi connectivity index (χ2v) is 2.23. The van der Waals surface area contributed by atoms with Crippen molar-refractivity contribution in [3.05, 3.63) is 22.4 Å². The van der Waals surface area contributed by atoms with Gasteiger partial charge < -0.3 is 0 Å². The largest absolute Gasteiger partial charge is 0.294 e. The number of carbonyl (C=O) groups is 1. The SMILES string of the molecule is CC(=O)c1[c]csc1. The Balaban J connectivity index is 2.93. The van der Waals surface area contributed by atoms with E-state index >= 15 is 0 Å². The fourth-order valence-corrected chi connectivity index (χ4v) is 1.05. The van der Waals surface area contributed by atoms with Crippen molar-refractivity contribution in [2.24, 2.45) is 0 Å². The number of hydrogen-bond donors (Lipinski definition) is 0. The van der Waals surface area contributed by atoms with E-state index in [2.05, 4.69) is 6.07 Å². The molecule has 0 amide bonds. The lowest BCUT2D eigenvalue weighted by Gasteiger charge is -1.79. The summed E-state index contributed by atoms with van der Waals surface area (Å²) in [4.78, 5) is 10.5. The van der Waals surface area contributed by atoms with Crippen molar-refractivity contribution in [1.29, 1.82) is 0 Å². The molecule has 8 heavy (non-hydrogen) atoms. The van der Waals surface area contributed by atoms with Gasteiger partial charge in [-0.3, -0.25) is 4.79 Å². The number of ketones is 1. The van der Waals surface area contributed by atoms with Gasteiger partial charge in [-0.25, -0.2) is 0 Å². The number of hydrogen-bond acceptors (Lipinski definition) is 2.